The quantitative estimate of drug-likeness (QED) is 0.666. The number of aliphatic hydroxyl groups is 1. The summed E-state index contributed by atoms with van der Waals surface area (Å²) >= 11 is 0. The van der Waals surface area contributed by atoms with E-state index in [9.17, 15) is 10.1 Å². The van der Waals surface area contributed by atoms with E-state index in [1.54, 1.807) is 19.2 Å². The Labute approximate surface area is 150 Å². The molecule has 0 unspecified atom stereocenters. The number of benzene rings is 2. The first kappa shape index (κ1) is 17.4. The van der Waals surface area contributed by atoms with Crippen LogP contribution in [0.5, 0.6) is 5.75 Å². The lowest BCUT2D eigenvalue weighted by Gasteiger charge is -2.13. The number of carbonyl (C=O) groups excluding carboxylic acids is 1. The summed E-state index contributed by atoms with van der Waals surface area (Å²) in [6.07, 6.45) is 1.52. The fourth-order valence-electron chi connectivity index (χ4n) is 2.73. The topological polar surface area (TPSA) is 95.2 Å². The Balaban J connectivity index is 1.91. The van der Waals surface area contributed by atoms with Gasteiger partial charge in [-0.1, -0.05) is 36.4 Å². The number of aromatic nitrogens is 1. The molecule has 0 saturated heterocycles. The van der Waals surface area contributed by atoms with Crippen molar-refractivity contribution in [3.8, 4) is 11.8 Å². The summed E-state index contributed by atoms with van der Waals surface area (Å²) in [5, 5.41) is 22.4. The Morgan fingerprint density at radius 2 is 2.04 bits per heavy atom. The zero-order chi connectivity index (χ0) is 18.5. The van der Waals surface area contributed by atoms with Crippen LogP contribution in [0.2, 0.25) is 0 Å². The summed E-state index contributed by atoms with van der Waals surface area (Å²) in [5.41, 5.74) is 3.22. The highest BCUT2D eigenvalue weighted by molar-refractivity contribution is 5.97. The standard InChI is InChI=1S/C20H17N3O3/c1-26-18-4-2-3-16-19(15(9-21)11-23-20(16)18)22-10-13-5-7-14(8-6-13)17(25)12-24/h2-8,11,24H,10,12H2,1H3,(H,22,23). The summed E-state index contributed by atoms with van der Waals surface area (Å²) in [6.45, 7) is -0.0352. The maximum absolute atomic E-state index is 11.5. The van der Waals surface area contributed by atoms with Gasteiger partial charge >= 0.3 is 0 Å². The molecule has 0 radical (unpaired) electrons. The van der Waals surface area contributed by atoms with E-state index in [2.05, 4.69) is 16.4 Å². The van der Waals surface area contributed by atoms with Gasteiger partial charge in [-0.3, -0.25) is 9.78 Å². The molecule has 2 N–H and O–H groups in total. The Morgan fingerprint density at radius 1 is 1.27 bits per heavy atom. The van der Waals surface area contributed by atoms with Gasteiger partial charge in [0.25, 0.3) is 0 Å². The SMILES string of the molecule is COc1cccc2c(NCc3ccc(C(=O)CO)cc3)c(C#N)cnc12. The number of methoxy groups -OCH3 is 1. The number of ether oxygens (including phenoxy) is 1. The number of nitrogens with zero attached hydrogens (tertiary/aromatic N) is 2. The molecule has 3 aromatic rings. The highest BCUT2D eigenvalue weighted by Crippen LogP contribution is 2.31. The molecule has 0 aliphatic rings. The van der Waals surface area contributed by atoms with Gasteiger partial charge in [0.1, 0.15) is 23.9 Å². The number of para-hydroxylation sites is 1. The van der Waals surface area contributed by atoms with Crippen LogP contribution in [0, 0.1) is 11.3 Å². The normalized spacial score (nSPS) is 10.3. The Kier molecular flexibility index (Phi) is 5.11. The smallest absolute Gasteiger partial charge is 0.188 e. The van der Waals surface area contributed by atoms with E-state index in [0.717, 1.165) is 10.9 Å². The van der Waals surface area contributed by atoms with Crippen molar-refractivity contribution in [2.24, 2.45) is 0 Å². The summed E-state index contributed by atoms with van der Waals surface area (Å²) < 4.78 is 5.34. The van der Waals surface area contributed by atoms with Crippen LogP contribution in [0.3, 0.4) is 0 Å². The van der Waals surface area contributed by atoms with Crippen LogP contribution in [-0.2, 0) is 6.54 Å². The van der Waals surface area contributed by atoms with Gasteiger partial charge in [-0.05, 0) is 11.6 Å². The van der Waals surface area contributed by atoms with Gasteiger partial charge in [0.15, 0.2) is 5.78 Å². The van der Waals surface area contributed by atoms with Gasteiger partial charge < -0.3 is 15.2 Å². The first-order valence-electron chi connectivity index (χ1n) is 8.00. The minimum Gasteiger partial charge on any atom is -0.494 e. The zero-order valence-electron chi connectivity index (χ0n) is 14.2. The molecule has 0 amide bonds. The van der Waals surface area contributed by atoms with Gasteiger partial charge in [-0.15, -0.1) is 0 Å². The van der Waals surface area contributed by atoms with Crippen LogP contribution in [0.25, 0.3) is 10.9 Å². The molecule has 1 aromatic heterocycles. The maximum Gasteiger partial charge on any atom is 0.188 e. The number of ketones is 1. The monoisotopic (exact) mass is 347 g/mol. The second-order valence-corrected chi connectivity index (χ2v) is 5.65. The van der Waals surface area contributed by atoms with Crippen molar-refractivity contribution < 1.29 is 14.6 Å². The summed E-state index contributed by atoms with van der Waals surface area (Å²) in [5.74, 6) is 0.324. The second kappa shape index (κ2) is 7.64. The third-order valence-corrected chi connectivity index (χ3v) is 4.09. The van der Waals surface area contributed by atoms with Crippen molar-refractivity contribution in [3.63, 3.8) is 0 Å². The number of nitrogens with one attached hydrogen (secondary N) is 1. The van der Waals surface area contributed by atoms with Crippen molar-refractivity contribution >= 4 is 22.4 Å². The molecule has 130 valence electrons. The number of hydrogen-bond donors (Lipinski definition) is 2. The van der Waals surface area contributed by atoms with Gasteiger partial charge in [0, 0.05) is 23.7 Å². The molecule has 26 heavy (non-hydrogen) atoms. The minimum atomic E-state index is -0.506. The van der Waals surface area contributed by atoms with E-state index in [-0.39, 0.29) is 5.78 Å². The van der Waals surface area contributed by atoms with E-state index in [1.807, 2.05) is 30.3 Å². The molecule has 3 rings (SSSR count). The van der Waals surface area contributed by atoms with Crippen molar-refractivity contribution in [3.05, 3.63) is 65.4 Å². The third-order valence-electron chi connectivity index (χ3n) is 4.09. The zero-order valence-corrected chi connectivity index (χ0v) is 14.2. The molecule has 6 nitrogen and oxygen atoms in total. The molecule has 0 atom stereocenters. The molecule has 2 aromatic carbocycles. The van der Waals surface area contributed by atoms with Gasteiger partial charge in [-0.25, -0.2) is 0 Å². The summed E-state index contributed by atoms with van der Waals surface area (Å²) in [6, 6.07) is 14.7. The van der Waals surface area contributed by atoms with Crippen molar-refractivity contribution in [1.82, 2.24) is 4.98 Å². The predicted molar refractivity (Wildman–Crippen MR) is 98.2 cm³/mol. The molecule has 0 aliphatic carbocycles. The molecule has 0 spiro atoms. The molecule has 0 bridgehead atoms. The van der Waals surface area contributed by atoms with Crippen LogP contribution < -0.4 is 10.1 Å². The van der Waals surface area contributed by atoms with Gasteiger partial charge in [0.05, 0.1) is 18.4 Å². The number of carbonyl (C=O) groups is 1. The minimum absolute atomic E-state index is 0.316. The molecule has 0 saturated carbocycles. The van der Waals surface area contributed by atoms with Gasteiger partial charge in [-0.2, -0.15) is 5.26 Å². The van der Waals surface area contributed by atoms with E-state index in [4.69, 9.17) is 9.84 Å². The number of rotatable bonds is 6. The predicted octanol–water partition coefficient (Wildman–Crippen LogP) is 2.90. The lowest BCUT2D eigenvalue weighted by atomic mass is 10.1. The average molecular weight is 347 g/mol. The number of aliphatic hydroxyl groups excluding tert-OH is 1. The van der Waals surface area contributed by atoms with E-state index < -0.39 is 6.61 Å². The first-order chi connectivity index (χ1) is 12.7. The fraction of sp³-hybridized carbons (Fsp3) is 0.150. The molecular weight excluding hydrogens is 330 g/mol. The molecule has 0 fully saturated rings. The number of Topliss-reactive ketones (excluding diaryl/α,β-unsaturated/α-hetero) is 1. The lowest BCUT2D eigenvalue weighted by Crippen LogP contribution is -2.06. The van der Waals surface area contributed by atoms with Crippen LogP contribution in [0.1, 0.15) is 21.5 Å². The maximum atomic E-state index is 11.5. The van der Waals surface area contributed by atoms with Crippen LogP contribution in [0.4, 0.5) is 5.69 Å². The van der Waals surface area contributed by atoms with Gasteiger partial charge in [0.2, 0.25) is 0 Å². The number of anilines is 1. The number of nitriles is 1. The van der Waals surface area contributed by atoms with Crippen LogP contribution in [0.15, 0.2) is 48.7 Å². The van der Waals surface area contributed by atoms with Crippen molar-refractivity contribution in [1.29, 1.82) is 5.26 Å². The molecule has 6 heteroatoms. The summed E-state index contributed by atoms with van der Waals surface area (Å²) in [4.78, 5) is 15.8. The fourth-order valence-corrected chi connectivity index (χ4v) is 2.73. The Bertz CT molecular complexity index is 992. The number of fused-ring (bicyclic) bond motifs is 1. The van der Waals surface area contributed by atoms with Crippen molar-refractivity contribution in [2.75, 3.05) is 19.0 Å². The first-order valence-corrected chi connectivity index (χ1v) is 8.00. The highest BCUT2D eigenvalue weighted by Gasteiger charge is 2.12. The van der Waals surface area contributed by atoms with Crippen LogP contribution in [-0.4, -0.2) is 29.6 Å². The van der Waals surface area contributed by atoms with Crippen LogP contribution >= 0.6 is 0 Å². The summed E-state index contributed by atoms with van der Waals surface area (Å²) in [7, 11) is 1.58. The molecular formula is C20H17N3O3. The number of pyridine rings is 1. The second-order valence-electron chi connectivity index (χ2n) is 5.65. The third kappa shape index (κ3) is 3.34. The Hall–Kier alpha value is -3.43. The highest BCUT2D eigenvalue weighted by atomic mass is 16.5. The number of hydrogen-bond acceptors (Lipinski definition) is 6. The molecule has 0 aliphatic heterocycles. The largest absolute Gasteiger partial charge is 0.494 e. The average Bonchev–Trinajstić information content (AvgIpc) is 2.71. The van der Waals surface area contributed by atoms with Crippen molar-refractivity contribution in [2.45, 2.75) is 6.54 Å². The van der Waals surface area contributed by atoms with E-state index in [1.165, 1.54) is 6.20 Å². The van der Waals surface area contributed by atoms with E-state index in [0.29, 0.717) is 34.6 Å². The van der Waals surface area contributed by atoms with E-state index >= 15 is 0 Å². The lowest BCUT2D eigenvalue weighted by molar-refractivity contribution is 0.0903. The molecule has 1 heterocycles. The Morgan fingerprint density at radius 3 is 2.69 bits per heavy atom.